The summed E-state index contributed by atoms with van der Waals surface area (Å²) in [4.78, 5) is 28.3. The zero-order chi connectivity index (χ0) is 20.5. The number of hydrogen-bond donors (Lipinski definition) is 0. The van der Waals surface area contributed by atoms with Crippen LogP contribution in [0.1, 0.15) is 5.56 Å². The molecule has 0 aliphatic carbocycles. The summed E-state index contributed by atoms with van der Waals surface area (Å²) in [5, 5.41) is -0.199. The summed E-state index contributed by atoms with van der Waals surface area (Å²) in [5.74, 6) is -2.24. The SMILES string of the molecule is O=C1C(Sc2ccccc2)=C(c2ccc(F)cc2)C(=O)N1c1ccc(F)c(Cl)c1. The van der Waals surface area contributed by atoms with Crippen LogP contribution < -0.4 is 4.90 Å². The number of rotatable bonds is 4. The molecule has 0 aromatic heterocycles. The van der Waals surface area contributed by atoms with Crippen LogP contribution in [-0.2, 0) is 9.59 Å². The topological polar surface area (TPSA) is 37.4 Å². The van der Waals surface area contributed by atoms with E-state index in [9.17, 15) is 18.4 Å². The van der Waals surface area contributed by atoms with Crippen molar-refractivity contribution in [3.63, 3.8) is 0 Å². The summed E-state index contributed by atoms with van der Waals surface area (Å²) >= 11 is 6.98. The first kappa shape index (κ1) is 19.4. The molecule has 0 unspecified atom stereocenters. The van der Waals surface area contributed by atoms with E-state index in [0.29, 0.717) is 5.56 Å². The van der Waals surface area contributed by atoms with Crippen LogP contribution in [-0.4, -0.2) is 11.8 Å². The molecule has 1 heterocycles. The molecule has 3 aromatic carbocycles. The third kappa shape index (κ3) is 3.69. The lowest BCUT2D eigenvalue weighted by atomic mass is 10.1. The number of imide groups is 1. The fourth-order valence-corrected chi connectivity index (χ4v) is 4.13. The molecule has 0 saturated carbocycles. The molecule has 1 aliphatic heterocycles. The summed E-state index contributed by atoms with van der Waals surface area (Å²) in [6, 6.07) is 18.1. The van der Waals surface area contributed by atoms with Gasteiger partial charge in [0.1, 0.15) is 11.6 Å². The van der Waals surface area contributed by atoms with Gasteiger partial charge in [0.15, 0.2) is 0 Å². The highest BCUT2D eigenvalue weighted by molar-refractivity contribution is 8.04. The van der Waals surface area contributed by atoms with Gasteiger partial charge in [0.25, 0.3) is 11.8 Å². The largest absolute Gasteiger partial charge is 0.272 e. The number of thioether (sulfide) groups is 1. The lowest BCUT2D eigenvalue weighted by Crippen LogP contribution is -2.31. The number of amides is 2. The number of benzene rings is 3. The summed E-state index contributed by atoms with van der Waals surface area (Å²) in [6.45, 7) is 0. The van der Waals surface area contributed by atoms with Crippen LogP contribution in [0.3, 0.4) is 0 Å². The normalized spacial score (nSPS) is 14.1. The predicted octanol–water partition coefficient (Wildman–Crippen LogP) is 5.70. The van der Waals surface area contributed by atoms with E-state index >= 15 is 0 Å². The van der Waals surface area contributed by atoms with Crippen molar-refractivity contribution in [2.75, 3.05) is 4.90 Å². The lowest BCUT2D eigenvalue weighted by molar-refractivity contribution is -0.119. The van der Waals surface area contributed by atoms with Crippen molar-refractivity contribution in [3.8, 4) is 0 Å². The molecule has 3 nitrogen and oxygen atoms in total. The molecule has 0 fully saturated rings. The Hall–Kier alpha value is -2.96. The maximum atomic E-state index is 13.6. The van der Waals surface area contributed by atoms with E-state index in [0.717, 1.165) is 27.6 Å². The Labute approximate surface area is 174 Å². The van der Waals surface area contributed by atoms with Crippen LogP contribution in [0.25, 0.3) is 5.57 Å². The Balaban J connectivity index is 1.83. The van der Waals surface area contributed by atoms with Gasteiger partial charge in [0.2, 0.25) is 0 Å². The van der Waals surface area contributed by atoms with Crippen molar-refractivity contribution in [1.82, 2.24) is 0 Å². The molecular formula is C22H12ClF2NO2S. The monoisotopic (exact) mass is 427 g/mol. The number of halogens is 3. The van der Waals surface area contributed by atoms with Gasteiger partial charge in [-0.05, 0) is 48.0 Å². The summed E-state index contributed by atoms with van der Waals surface area (Å²) in [6.07, 6.45) is 0. The number of carbonyl (C=O) groups excluding carboxylic acids is 2. The molecule has 0 atom stereocenters. The van der Waals surface area contributed by atoms with E-state index < -0.39 is 23.4 Å². The van der Waals surface area contributed by atoms with E-state index in [1.165, 1.54) is 36.4 Å². The molecule has 0 radical (unpaired) electrons. The second-order valence-corrected chi connectivity index (χ2v) is 7.66. The van der Waals surface area contributed by atoms with Gasteiger partial charge in [0.05, 0.1) is 21.2 Å². The minimum atomic E-state index is -0.653. The standard InChI is InChI=1S/C22H12ClF2NO2S/c23-17-12-15(10-11-18(17)25)26-21(27)19(13-6-8-14(24)9-7-13)20(22(26)28)29-16-4-2-1-3-5-16/h1-12H. The van der Waals surface area contributed by atoms with E-state index in [1.807, 2.05) is 30.3 Å². The highest BCUT2D eigenvalue weighted by Crippen LogP contribution is 2.41. The van der Waals surface area contributed by atoms with Gasteiger partial charge in [-0.2, -0.15) is 0 Å². The predicted molar refractivity (Wildman–Crippen MR) is 110 cm³/mol. The molecule has 3 aromatic rings. The van der Waals surface area contributed by atoms with Crippen molar-refractivity contribution in [2.45, 2.75) is 4.90 Å². The zero-order valence-corrected chi connectivity index (χ0v) is 16.3. The van der Waals surface area contributed by atoms with Crippen LogP contribution in [0.5, 0.6) is 0 Å². The molecule has 0 spiro atoms. The van der Waals surface area contributed by atoms with E-state index in [-0.39, 0.29) is 21.2 Å². The second kappa shape index (κ2) is 7.81. The Morgan fingerprint density at radius 3 is 2.17 bits per heavy atom. The van der Waals surface area contributed by atoms with E-state index in [4.69, 9.17) is 11.6 Å². The molecule has 0 bridgehead atoms. The smallest absolute Gasteiger partial charge is 0.268 e. The maximum Gasteiger partial charge on any atom is 0.272 e. The van der Waals surface area contributed by atoms with Crippen molar-refractivity contribution < 1.29 is 18.4 Å². The Bertz CT molecular complexity index is 1150. The first-order valence-corrected chi connectivity index (χ1v) is 9.72. The first-order chi connectivity index (χ1) is 14.0. The Morgan fingerprint density at radius 1 is 0.828 bits per heavy atom. The highest BCUT2D eigenvalue weighted by Gasteiger charge is 2.40. The van der Waals surface area contributed by atoms with Crippen LogP contribution in [0.4, 0.5) is 14.5 Å². The number of anilines is 1. The fraction of sp³-hybridized carbons (Fsp3) is 0. The average Bonchev–Trinajstić information content (AvgIpc) is 2.95. The summed E-state index contributed by atoms with van der Waals surface area (Å²) in [7, 11) is 0. The van der Waals surface area contributed by atoms with Crippen molar-refractivity contribution in [3.05, 3.63) is 99.9 Å². The maximum absolute atomic E-state index is 13.6. The van der Waals surface area contributed by atoms with Gasteiger partial charge in [-0.25, -0.2) is 13.7 Å². The van der Waals surface area contributed by atoms with Crippen molar-refractivity contribution >= 4 is 46.4 Å². The highest BCUT2D eigenvalue weighted by atomic mass is 35.5. The zero-order valence-electron chi connectivity index (χ0n) is 14.7. The summed E-state index contributed by atoms with van der Waals surface area (Å²) < 4.78 is 26.9. The Morgan fingerprint density at radius 2 is 1.52 bits per heavy atom. The van der Waals surface area contributed by atoms with Gasteiger partial charge < -0.3 is 0 Å². The van der Waals surface area contributed by atoms with Crippen LogP contribution in [0.15, 0.2) is 82.6 Å². The molecule has 0 saturated heterocycles. The van der Waals surface area contributed by atoms with Crippen LogP contribution >= 0.6 is 23.4 Å². The molecule has 29 heavy (non-hydrogen) atoms. The minimum Gasteiger partial charge on any atom is -0.268 e. The van der Waals surface area contributed by atoms with Crippen molar-refractivity contribution in [2.24, 2.45) is 0 Å². The molecule has 1 aliphatic rings. The lowest BCUT2D eigenvalue weighted by Gasteiger charge is -2.15. The minimum absolute atomic E-state index is 0.157. The fourth-order valence-electron chi connectivity index (χ4n) is 2.94. The average molecular weight is 428 g/mol. The number of nitrogens with zero attached hydrogens (tertiary/aromatic N) is 1. The number of carbonyl (C=O) groups is 2. The van der Waals surface area contributed by atoms with Gasteiger partial charge in [-0.1, -0.05) is 53.7 Å². The van der Waals surface area contributed by atoms with Crippen molar-refractivity contribution in [1.29, 1.82) is 0 Å². The first-order valence-electron chi connectivity index (χ1n) is 8.52. The number of hydrogen-bond acceptors (Lipinski definition) is 3. The molecular weight excluding hydrogens is 416 g/mol. The van der Waals surface area contributed by atoms with Gasteiger partial charge in [0, 0.05) is 4.90 Å². The summed E-state index contributed by atoms with van der Waals surface area (Å²) in [5.41, 5.74) is 0.734. The van der Waals surface area contributed by atoms with Crippen LogP contribution in [0.2, 0.25) is 5.02 Å². The quantitative estimate of drug-likeness (QED) is 0.501. The Kier molecular flexibility index (Phi) is 5.22. The molecule has 7 heteroatoms. The molecule has 144 valence electrons. The molecule has 4 rings (SSSR count). The van der Waals surface area contributed by atoms with Gasteiger partial charge in [-0.3, -0.25) is 9.59 Å². The van der Waals surface area contributed by atoms with Crippen LogP contribution in [0, 0.1) is 11.6 Å². The second-order valence-electron chi connectivity index (χ2n) is 6.17. The van der Waals surface area contributed by atoms with Gasteiger partial charge in [-0.15, -0.1) is 0 Å². The van der Waals surface area contributed by atoms with Gasteiger partial charge >= 0.3 is 0 Å². The molecule has 2 amide bonds. The molecule has 0 N–H and O–H groups in total. The third-order valence-electron chi connectivity index (χ3n) is 4.30. The van der Waals surface area contributed by atoms with E-state index in [1.54, 1.807) is 0 Å². The van der Waals surface area contributed by atoms with E-state index in [2.05, 4.69) is 0 Å². The third-order valence-corrected chi connectivity index (χ3v) is 5.68.